The molecule has 0 fully saturated rings. The number of carbonyl (C=O) groups is 1. The molecule has 0 bridgehead atoms. The summed E-state index contributed by atoms with van der Waals surface area (Å²) < 4.78 is 7.16. The molecule has 0 radical (unpaired) electrons. The zero-order valence-electron chi connectivity index (χ0n) is 7.25. The fourth-order valence-corrected chi connectivity index (χ4v) is 1.46. The predicted octanol–water partition coefficient (Wildman–Crippen LogP) is -1.94. The van der Waals surface area contributed by atoms with Gasteiger partial charge < -0.3 is 28.7 Å². The summed E-state index contributed by atoms with van der Waals surface area (Å²) in [5, 5.41) is 0. The Balaban J connectivity index is 0.00000144. The van der Waals surface area contributed by atoms with Crippen molar-refractivity contribution in [3.63, 3.8) is 0 Å². The van der Waals surface area contributed by atoms with Gasteiger partial charge in [-0.25, -0.2) is 9.36 Å². The van der Waals surface area contributed by atoms with Gasteiger partial charge in [-0.2, -0.15) is 0 Å². The molecule has 1 aromatic rings. The molecule has 13 heavy (non-hydrogen) atoms. The van der Waals surface area contributed by atoms with Gasteiger partial charge in [0.15, 0.2) is 12.4 Å². The number of hydrogen-bond donors (Lipinski definition) is 0. The lowest BCUT2D eigenvalue weighted by Crippen LogP contribution is -3.00. The number of pyridine rings is 1. The van der Waals surface area contributed by atoms with E-state index in [0.29, 0.717) is 5.56 Å². The third-order valence-corrected chi connectivity index (χ3v) is 2.09. The molecular weight excluding hydrogens is 349 g/mol. The number of nitrogens with zero attached hydrogens (tertiary/aromatic N) is 1. The van der Waals surface area contributed by atoms with Gasteiger partial charge in [0, 0.05) is 6.07 Å². The van der Waals surface area contributed by atoms with Crippen molar-refractivity contribution >= 4 is 21.9 Å². The van der Waals surface area contributed by atoms with E-state index in [1.165, 1.54) is 7.11 Å². The van der Waals surface area contributed by atoms with E-state index in [4.69, 9.17) is 0 Å². The van der Waals surface area contributed by atoms with Crippen LogP contribution in [0.5, 0.6) is 0 Å². The molecule has 1 aromatic heterocycles. The first-order chi connectivity index (χ1) is 5.65. The maximum atomic E-state index is 11.1. The first-order valence-corrected chi connectivity index (χ1v) is 4.17. The molecule has 5 heteroatoms. The number of methoxy groups -OCH3 is 1. The fourth-order valence-electron chi connectivity index (χ4n) is 0.839. The third kappa shape index (κ3) is 3.22. The summed E-state index contributed by atoms with van der Waals surface area (Å²) in [4.78, 5) is 11.1. The van der Waals surface area contributed by atoms with E-state index in [2.05, 4.69) is 20.7 Å². The van der Waals surface area contributed by atoms with Crippen LogP contribution in [-0.4, -0.2) is 13.1 Å². The SMILES string of the molecule is COC(=O)c1cc[n+](C)cc1Br.[I-]. The highest BCUT2D eigenvalue weighted by Gasteiger charge is 2.12. The Kier molecular flexibility index (Phi) is 5.46. The molecule has 0 N–H and O–H groups in total. The van der Waals surface area contributed by atoms with E-state index in [1.807, 2.05) is 11.6 Å². The Morgan fingerprint density at radius 3 is 2.69 bits per heavy atom. The van der Waals surface area contributed by atoms with E-state index >= 15 is 0 Å². The molecule has 0 aliphatic heterocycles. The van der Waals surface area contributed by atoms with Crippen LogP contribution in [0.2, 0.25) is 0 Å². The Hall–Kier alpha value is -0.170. The summed E-state index contributed by atoms with van der Waals surface area (Å²) in [7, 11) is 3.24. The van der Waals surface area contributed by atoms with E-state index in [0.717, 1.165) is 4.47 Å². The van der Waals surface area contributed by atoms with Crippen molar-refractivity contribution in [1.82, 2.24) is 0 Å². The first kappa shape index (κ1) is 12.8. The van der Waals surface area contributed by atoms with Crippen LogP contribution < -0.4 is 28.5 Å². The molecule has 0 aromatic carbocycles. The van der Waals surface area contributed by atoms with Crippen LogP contribution in [0.3, 0.4) is 0 Å². The minimum absolute atomic E-state index is 0. The summed E-state index contributed by atoms with van der Waals surface area (Å²) >= 11 is 3.27. The molecule has 0 aliphatic carbocycles. The highest BCUT2D eigenvalue weighted by molar-refractivity contribution is 9.10. The van der Waals surface area contributed by atoms with E-state index in [1.54, 1.807) is 18.5 Å². The van der Waals surface area contributed by atoms with Gasteiger partial charge >= 0.3 is 5.97 Å². The molecule has 3 nitrogen and oxygen atoms in total. The summed E-state index contributed by atoms with van der Waals surface area (Å²) in [6, 6.07) is 1.70. The topological polar surface area (TPSA) is 30.2 Å². The normalized spacial score (nSPS) is 8.85. The Labute approximate surface area is 102 Å². The van der Waals surface area contributed by atoms with Crippen LogP contribution in [0.25, 0.3) is 0 Å². The molecule has 72 valence electrons. The Morgan fingerprint density at radius 2 is 2.23 bits per heavy atom. The number of hydrogen-bond acceptors (Lipinski definition) is 2. The highest BCUT2D eigenvalue weighted by atomic mass is 127. The van der Waals surface area contributed by atoms with Crippen molar-refractivity contribution in [3.8, 4) is 0 Å². The summed E-state index contributed by atoms with van der Waals surface area (Å²) in [6.07, 6.45) is 3.59. The van der Waals surface area contributed by atoms with Crippen molar-refractivity contribution in [1.29, 1.82) is 0 Å². The number of esters is 1. The molecule has 0 aliphatic rings. The Morgan fingerprint density at radius 1 is 1.62 bits per heavy atom. The van der Waals surface area contributed by atoms with Crippen molar-refractivity contribution in [2.45, 2.75) is 0 Å². The highest BCUT2D eigenvalue weighted by Crippen LogP contribution is 2.13. The quantitative estimate of drug-likeness (QED) is 0.333. The zero-order valence-corrected chi connectivity index (χ0v) is 11.0. The summed E-state index contributed by atoms with van der Waals surface area (Å²) in [6.45, 7) is 0. The zero-order chi connectivity index (χ0) is 9.14. The van der Waals surface area contributed by atoms with E-state index in [9.17, 15) is 4.79 Å². The molecular formula is C8H9BrINO2. The lowest BCUT2D eigenvalue weighted by molar-refractivity contribution is -0.672. The van der Waals surface area contributed by atoms with Gasteiger partial charge in [0.25, 0.3) is 0 Å². The van der Waals surface area contributed by atoms with E-state index < -0.39 is 0 Å². The van der Waals surface area contributed by atoms with Gasteiger partial charge in [-0.05, 0) is 15.9 Å². The average Bonchev–Trinajstić information content (AvgIpc) is 2.03. The van der Waals surface area contributed by atoms with Crippen LogP contribution in [0.1, 0.15) is 10.4 Å². The van der Waals surface area contributed by atoms with Gasteiger partial charge in [0.2, 0.25) is 0 Å². The van der Waals surface area contributed by atoms with Gasteiger partial charge in [0.05, 0.1) is 17.1 Å². The minimum Gasteiger partial charge on any atom is -1.00 e. The average molecular weight is 358 g/mol. The van der Waals surface area contributed by atoms with Crippen molar-refractivity contribution in [2.75, 3.05) is 7.11 Å². The molecule has 0 atom stereocenters. The number of rotatable bonds is 1. The van der Waals surface area contributed by atoms with Gasteiger partial charge in [0.1, 0.15) is 7.05 Å². The predicted molar refractivity (Wildman–Crippen MR) is 46.7 cm³/mol. The molecule has 0 saturated heterocycles. The number of aromatic nitrogens is 1. The van der Waals surface area contributed by atoms with Crippen LogP contribution in [0, 0.1) is 0 Å². The number of ether oxygens (including phenoxy) is 1. The summed E-state index contributed by atoms with van der Waals surface area (Å²) in [5.41, 5.74) is 0.538. The van der Waals surface area contributed by atoms with E-state index in [-0.39, 0.29) is 29.9 Å². The lowest BCUT2D eigenvalue weighted by atomic mass is 10.3. The molecule has 0 saturated carbocycles. The smallest absolute Gasteiger partial charge is 0.339 e. The second kappa shape index (κ2) is 5.54. The fraction of sp³-hybridized carbons (Fsp3) is 0.250. The maximum absolute atomic E-state index is 11.1. The number of aryl methyl sites for hydroxylation is 1. The minimum atomic E-state index is -0.331. The van der Waals surface area contributed by atoms with Gasteiger partial charge in [-0.15, -0.1) is 0 Å². The van der Waals surface area contributed by atoms with Crippen molar-refractivity contribution < 1.29 is 38.1 Å². The second-order valence-electron chi connectivity index (χ2n) is 2.36. The molecule has 0 spiro atoms. The molecule has 1 rings (SSSR count). The Bertz CT molecular complexity index is 317. The van der Waals surface area contributed by atoms with Crippen LogP contribution >= 0.6 is 15.9 Å². The van der Waals surface area contributed by atoms with Crippen molar-refractivity contribution in [2.24, 2.45) is 7.05 Å². The third-order valence-electron chi connectivity index (χ3n) is 1.46. The second-order valence-corrected chi connectivity index (χ2v) is 3.22. The molecule has 1 heterocycles. The molecule has 0 unspecified atom stereocenters. The monoisotopic (exact) mass is 357 g/mol. The van der Waals surface area contributed by atoms with Crippen LogP contribution in [0.4, 0.5) is 0 Å². The van der Waals surface area contributed by atoms with Gasteiger partial charge in [-0.3, -0.25) is 0 Å². The van der Waals surface area contributed by atoms with Crippen LogP contribution in [0.15, 0.2) is 22.9 Å². The maximum Gasteiger partial charge on any atom is 0.339 e. The van der Waals surface area contributed by atoms with Gasteiger partial charge in [-0.1, -0.05) is 0 Å². The standard InChI is InChI=1S/C8H9BrNO2.HI/c1-10-4-3-6(7(9)5-10)8(11)12-2;/h3-5H,1-2H3;1H/q+1;/p-1. The lowest BCUT2D eigenvalue weighted by Gasteiger charge is -1.98. The molecule has 0 amide bonds. The number of carbonyl (C=O) groups excluding carboxylic acids is 1. The number of halogens is 2. The first-order valence-electron chi connectivity index (χ1n) is 3.38. The van der Waals surface area contributed by atoms with Crippen LogP contribution in [-0.2, 0) is 11.8 Å². The van der Waals surface area contributed by atoms with Crippen molar-refractivity contribution in [3.05, 3.63) is 28.5 Å². The largest absolute Gasteiger partial charge is 1.00 e. The summed E-state index contributed by atoms with van der Waals surface area (Å²) in [5.74, 6) is -0.331.